The monoisotopic (exact) mass is 361 g/mol. The number of pyridine rings is 1. The molecule has 2 amide bonds. The normalized spacial score (nSPS) is 15.0. The van der Waals surface area contributed by atoms with Gasteiger partial charge in [0.15, 0.2) is 0 Å². The molecule has 144 valence electrons. The first-order valence-corrected chi connectivity index (χ1v) is 9.48. The smallest absolute Gasteiger partial charge is 0.227 e. The summed E-state index contributed by atoms with van der Waals surface area (Å²) in [5, 5.41) is 2.89. The van der Waals surface area contributed by atoms with E-state index in [1.54, 1.807) is 6.20 Å². The molecule has 1 aliphatic heterocycles. The number of carbonyl (C=O) groups excluding carboxylic acids is 2. The maximum atomic E-state index is 12.4. The van der Waals surface area contributed by atoms with E-state index in [1.165, 1.54) is 0 Å². The van der Waals surface area contributed by atoms with Crippen molar-refractivity contribution >= 4 is 17.6 Å². The van der Waals surface area contributed by atoms with Gasteiger partial charge in [-0.2, -0.15) is 0 Å². The number of amides is 2. The first-order chi connectivity index (χ1) is 12.6. The van der Waals surface area contributed by atoms with Crippen LogP contribution in [0, 0.1) is 5.41 Å². The van der Waals surface area contributed by atoms with E-state index in [-0.39, 0.29) is 11.8 Å². The van der Waals surface area contributed by atoms with Gasteiger partial charge in [0.25, 0.3) is 0 Å². The van der Waals surface area contributed by atoms with Crippen LogP contribution < -0.4 is 16.0 Å². The lowest BCUT2D eigenvalue weighted by molar-refractivity contribution is -0.132. The zero-order chi connectivity index (χ0) is 19.0. The average Bonchev–Trinajstić information content (AvgIpc) is 2.70. The zero-order valence-electron chi connectivity index (χ0n) is 15.9. The predicted octanol–water partition coefficient (Wildman–Crippen LogP) is 1.00. The Bertz CT molecular complexity index is 573. The van der Waals surface area contributed by atoms with E-state index < -0.39 is 5.41 Å². The lowest BCUT2D eigenvalue weighted by Gasteiger charge is -2.35. The van der Waals surface area contributed by atoms with Crippen LogP contribution in [0.3, 0.4) is 0 Å². The lowest BCUT2D eigenvalue weighted by Crippen LogP contribution is -2.50. The van der Waals surface area contributed by atoms with E-state index in [1.807, 2.05) is 36.9 Å². The minimum absolute atomic E-state index is 0.0437. The Morgan fingerprint density at radius 1 is 1.19 bits per heavy atom. The van der Waals surface area contributed by atoms with Gasteiger partial charge in [0.2, 0.25) is 11.8 Å². The zero-order valence-corrected chi connectivity index (χ0v) is 15.9. The van der Waals surface area contributed by atoms with Crippen molar-refractivity contribution in [2.45, 2.75) is 33.1 Å². The molecule has 7 heteroatoms. The van der Waals surface area contributed by atoms with Gasteiger partial charge in [0.05, 0.1) is 5.41 Å². The molecule has 1 aromatic rings. The minimum atomic E-state index is -0.517. The standard InChI is InChI=1S/C19H31N5O2/c1-3-19(4-2,15-20)18(26)22-10-8-17(25)24-13-11-23(12-14-24)16-7-5-6-9-21-16/h5-7,9H,3-4,8,10-15,20H2,1-2H3,(H,22,26). The van der Waals surface area contributed by atoms with Gasteiger partial charge in [-0.1, -0.05) is 19.9 Å². The Labute approximate surface area is 155 Å². The molecule has 0 bridgehead atoms. The van der Waals surface area contributed by atoms with Crippen molar-refractivity contribution in [1.29, 1.82) is 0 Å². The van der Waals surface area contributed by atoms with Crippen molar-refractivity contribution in [3.05, 3.63) is 24.4 Å². The third-order valence-corrected chi connectivity index (χ3v) is 5.46. The number of carbonyl (C=O) groups is 2. The second-order valence-corrected chi connectivity index (χ2v) is 6.75. The number of aromatic nitrogens is 1. The second-order valence-electron chi connectivity index (χ2n) is 6.75. The molecule has 1 saturated heterocycles. The van der Waals surface area contributed by atoms with Crippen molar-refractivity contribution < 1.29 is 9.59 Å². The summed E-state index contributed by atoms with van der Waals surface area (Å²) in [6.45, 7) is 7.55. The van der Waals surface area contributed by atoms with Crippen LogP contribution in [-0.2, 0) is 9.59 Å². The maximum Gasteiger partial charge on any atom is 0.227 e. The largest absolute Gasteiger partial charge is 0.355 e. The van der Waals surface area contributed by atoms with Crippen LogP contribution in [0.25, 0.3) is 0 Å². The summed E-state index contributed by atoms with van der Waals surface area (Å²) in [6, 6.07) is 5.85. The predicted molar refractivity (Wildman–Crippen MR) is 103 cm³/mol. The summed E-state index contributed by atoms with van der Waals surface area (Å²) in [7, 11) is 0. The molecule has 1 aliphatic rings. The molecule has 2 rings (SSSR count). The van der Waals surface area contributed by atoms with E-state index in [9.17, 15) is 9.59 Å². The van der Waals surface area contributed by atoms with Crippen LogP contribution in [0.2, 0.25) is 0 Å². The molecule has 3 N–H and O–H groups in total. The third-order valence-electron chi connectivity index (χ3n) is 5.46. The molecule has 0 unspecified atom stereocenters. The van der Waals surface area contributed by atoms with Crippen LogP contribution in [0.4, 0.5) is 5.82 Å². The summed E-state index contributed by atoms with van der Waals surface area (Å²) >= 11 is 0. The van der Waals surface area contributed by atoms with Gasteiger partial charge in [0, 0.05) is 51.9 Å². The number of rotatable bonds is 8. The Hall–Kier alpha value is -2.15. The van der Waals surface area contributed by atoms with Crippen molar-refractivity contribution in [2.75, 3.05) is 44.2 Å². The Morgan fingerprint density at radius 3 is 2.42 bits per heavy atom. The van der Waals surface area contributed by atoms with Crippen LogP contribution in [-0.4, -0.2) is 61.0 Å². The highest BCUT2D eigenvalue weighted by Crippen LogP contribution is 2.24. The van der Waals surface area contributed by atoms with Gasteiger partial charge in [-0.15, -0.1) is 0 Å². The highest BCUT2D eigenvalue weighted by molar-refractivity contribution is 5.83. The minimum Gasteiger partial charge on any atom is -0.355 e. The number of nitrogens with two attached hydrogens (primary N) is 1. The van der Waals surface area contributed by atoms with E-state index in [0.717, 1.165) is 18.9 Å². The van der Waals surface area contributed by atoms with Crippen molar-refractivity contribution in [2.24, 2.45) is 11.1 Å². The molecule has 7 nitrogen and oxygen atoms in total. The summed E-state index contributed by atoms with van der Waals surface area (Å²) in [4.78, 5) is 33.2. The highest BCUT2D eigenvalue weighted by atomic mass is 16.2. The molecule has 1 aromatic heterocycles. The van der Waals surface area contributed by atoms with Crippen LogP contribution >= 0.6 is 0 Å². The van der Waals surface area contributed by atoms with E-state index in [2.05, 4.69) is 15.2 Å². The molecule has 0 atom stereocenters. The van der Waals surface area contributed by atoms with Crippen LogP contribution in [0.1, 0.15) is 33.1 Å². The van der Waals surface area contributed by atoms with Gasteiger partial charge < -0.3 is 20.9 Å². The fourth-order valence-electron chi connectivity index (χ4n) is 3.31. The summed E-state index contributed by atoms with van der Waals surface area (Å²) in [5.41, 5.74) is 5.28. The summed E-state index contributed by atoms with van der Waals surface area (Å²) in [6.07, 6.45) is 3.51. The van der Waals surface area contributed by atoms with E-state index >= 15 is 0 Å². The molecule has 0 spiro atoms. The fourth-order valence-corrected chi connectivity index (χ4v) is 3.31. The molecular formula is C19H31N5O2. The highest BCUT2D eigenvalue weighted by Gasteiger charge is 2.33. The van der Waals surface area contributed by atoms with Gasteiger partial charge in [0.1, 0.15) is 5.82 Å². The van der Waals surface area contributed by atoms with Crippen LogP contribution in [0.15, 0.2) is 24.4 Å². The Balaban J connectivity index is 1.75. The van der Waals surface area contributed by atoms with Crippen molar-refractivity contribution in [1.82, 2.24) is 15.2 Å². The molecular weight excluding hydrogens is 330 g/mol. The molecule has 1 fully saturated rings. The van der Waals surface area contributed by atoms with Crippen molar-refractivity contribution in [3.63, 3.8) is 0 Å². The van der Waals surface area contributed by atoms with Gasteiger partial charge >= 0.3 is 0 Å². The van der Waals surface area contributed by atoms with E-state index in [0.29, 0.717) is 45.4 Å². The second kappa shape index (κ2) is 9.52. The molecule has 0 radical (unpaired) electrons. The Kier molecular flexibility index (Phi) is 7.38. The SMILES string of the molecule is CCC(CC)(CN)C(=O)NCCC(=O)N1CCN(c2ccccn2)CC1. The van der Waals surface area contributed by atoms with Crippen LogP contribution in [0.5, 0.6) is 0 Å². The molecule has 26 heavy (non-hydrogen) atoms. The molecule has 2 heterocycles. The molecule has 0 saturated carbocycles. The number of hydrogen-bond acceptors (Lipinski definition) is 5. The van der Waals surface area contributed by atoms with E-state index in [4.69, 9.17) is 5.73 Å². The first-order valence-electron chi connectivity index (χ1n) is 9.48. The average molecular weight is 361 g/mol. The number of anilines is 1. The fraction of sp³-hybridized carbons (Fsp3) is 0.632. The van der Waals surface area contributed by atoms with Gasteiger partial charge in [-0.3, -0.25) is 9.59 Å². The molecule has 0 aromatic carbocycles. The number of nitrogens with one attached hydrogen (secondary N) is 1. The van der Waals surface area contributed by atoms with Crippen molar-refractivity contribution in [3.8, 4) is 0 Å². The number of nitrogens with zero attached hydrogens (tertiary/aromatic N) is 3. The molecule has 0 aliphatic carbocycles. The summed E-state index contributed by atoms with van der Waals surface area (Å²) < 4.78 is 0. The van der Waals surface area contributed by atoms with Gasteiger partial charge in [-0.25, -0.2) is 4.98 Å². The summed E-state index contributed by atoms with van der Waals surface area (Å²) in [5.74, 6) is 0.985. The first kappa shape index (κ1) is 20.2. The number of piperazine rings is 1. The maximum absolute atomic E-state index is 12.4. The lowest BCUT2D eigenvalue weighted by atomic mass is 9.81. The quantitative estimate of drug-likeness (QED) is 0.721. The topological polar surface area (TPSA) is 91.6 Å². The van der Waals surface area contributed by atoms with Gasteiger partial charge in [-0.05, 0) is 25.0 Å². The number of hydrogen-bond donors (Lipinski definition) is 2. The third kappa shape index (κ3) is 4.72. The Morgan fingerprint density at radius 2 is 1.88 bits per heavy atom.